The summed E-state index contributed by atoms with van der Waals surface area (Å²) in [5.41, 5.74) is -0.272. The Bertz CT molecular complexity index is 1370. The summed E-state index contributed by atoms with van der Waals surface area (Å²) in [5, 5.41) is 35.6. The Balaban J connectivity index is 1.28. The van der Waals surface area contributed by atoms with Gasteiger partial charge >= 0.3 is 0 Å². The van der Waals surface area contributed by atoms with E-state index in [1.54, 1.807) is 24.4 Å². The van der Waals surface area contributed by atoms with E-state index >= 15 is 4.39 Å². The Kier molecular flexibility index (Phi) is 5.02. The zero-order valence-electron chi connectivity index (χ0n) is 20.0. The van der Waals surface area contributed by atoms with Gasteiger partial charge in [-0.1, -0.05) is 0 Å². The molecule has 186 valence electrons. The number of hydrogen-bond donors (Lipinski definition) is 2. The van der Waals surface area contributed by atoms with E-state index < -0.39 is 17.5 Å². The molecule has 0 spiro atoms. The van der Waals surface area contributed by atoms with E-state index in [-0.39, 0.29) is 34.9 Å². The maximum atomic E-state index is 15.8. The lowest BCUT2D eigenvalue weighted by molar-refractivity contribution is 0.0831. The minimum atomic E-state index is -1.04. The summed E-state index contributed by atoms with van der Waals surface area (Å²) in [7, 11) is 0. The van der Waals surface area contributed by atoms with Crippen LogP contribution in [0.5, 0.6) is 5.75 Å². The molecule has 2 aromatic heterocycles. The molecule has 4 heterocycles. The van der Waals surface area contributed by atoms with Crippen molar-refractivity contribution in [1.29, 1.82) is 5.26 Å². The van der Waals surface area contributed by atoms with Crippen molar-refractivity contribution in [2.24, 2.45) is 0 Å². The van der Waals surface area contributed by atoms with Crippen molar-refractivity contribution < 1.29 is 13.9 Å². The SMILES string of the molecule is C[C@]12CC[C@](C)(N1)[C@H](F)[C@H](N(c1cnc(-c3ccc(-n4cc(F)c(C#N)n4)cc3O)nn1)C1CC1)C2. The Labute approximate surface area is 206 Å². The summed E-state index contributed by atoms with van der Waals surface area (Å²) >= 11 is 0. The number of hydrogen-bond acceptors (Lipinski definition) is 8. The molecule has 1 aliphatic carbocycles. The number of fused-ring (bicyclic) bond motifs is 2. The Morgan fingerprint density at radius 3 is 2.69 bits per heavy atom. The van der Waals surface area contributed by atoms with Crippen LogP contribution in [0.25, 0.3) is 17.1 Å². The highest BCUT2D eigenvalue weighted by atomic mass is 19.1. The summed E-state index contributed by atoms with van der Waals surface area (Å²) in [4.78, 5) is 6.51. The molecule has 9 nitrogen and oxygen atoms in total. The number of nitrogens with one attached hydrogen (secondary N) is 1. The standard InChI is InChI=1S/C25H26F2N8O/c1-24-7-8-25(2,33-24)22(27)19(10-24)35(14-3-4-14)21-12-29-23(31-30-21)16-6-5-15(9-20(16)36)34-13-17(26)18(11-28)32-34/h5-6,9,12-14,19,22,33,36H,3-4,7-8,10H2,1-2H3/t19-,22-,24-,25+/m1/s1. The molecule has 36 heavy (non-hydrogen) atoms. The van der Waals surface area contributed by atoms with Crippen LogP contribution in [-0.4, -0.2) is 59.4 Å². The summed E-state index contributed by atoms with van der Waals surface area (Å²) in [6.45, 7) is 4.14. The van der Waals surface area contributed by atoms with E-state index in [9.17, 15) is 9.50 Å². The first-order valence-electron chi connectivity index (χ1n) is 12.1. The molecular formula is C25H26F2N8O. The first-order valence-corrected chi connectivity index (χ1v) is 12.1. The second-order valence-corrected chi connectivity index (χ2v) is 10.6. The topological polar surface area (TPSA) is 116 Å². The van der Waals surface area contributed by atoms with Crippen molar-refractivity contribution in [2.45, 2.75) is 75.3 Å². The number of nitrogens with zero attached hydrogens (tertiary/aromatic N) is 7. The van der Waals surface area contributed by atoms with Gasteiger partial charge in [0.1, 0.15) is 18.0 Å². The molecule has 0 radical (unpaired) electrons. The van der Waals surface area contributed by atoms with Gasteiger partial charge in [0, 0.05) is 23.2 Å². The molecule has 2 saturated heterocycles. The summed E-state index contributed by atoms with van der Waals surface area (Å²) < 4.78 is 30.7. The molecule has 4 atom stereocenters. The highest BCUT2D eigenvalue weighted by Gasteiger charge is 2.58. The first-order chi connectivity index (χ1) is 17.2. The van der Waals surface area contributed by atoms with E-state index in [0.29, 0.717) is 23.5 Å². The minimum Gasteiger partial charge on any atom is -0.507 e. The monoisotopic (exact) mass is 492 g/mol. The number of benzene rings is 1. The van der Waals surface area contributed by atoms with Crippen LogP contribution in [0.15, 0.2) is 30.6 Å². The van der Waals surface area contributed by atoms with Crippen molar-refractivity contribution in [3.8, 4) is 28.9 Å². The molecule has 3 aromatic rings. The fourth-order valence-electron chi connectivity index (χ4n) is 5.84. The third-order valence-electron chi connectivity index (χ3n) is 7.76. The van der Waals surface area contributed by atoms with E-state index in [0.717, 1.165) is 31.9 Å². The second-order valence-electron chi connectivity index (χ2n) is 10.6. The molecule has 2 aliphatic heterocycles. The molecule has 0 amide bonds. The van der Waals surface area contributed by atoms with Gasteiger partial charge in [0.2, 0.25) is 0 Å². The highest BCUT2D eigenvalue weighted by molar-refractivity contribution is 5.66. The van der Waals surface area contributed by atoms with Crippen molar-refractivity contribution >= 4 is 5.82 Å². The molecular weight excluding hydrogens is 466 g/mol. The third-order valence-corrected chi connectivity index (χ3v) is 7.76. The van der Waals surface area contributed by atoms with Crippen LogP contribution in [0.1, 0.15) is 51.6 Å². The molecule has 2 N–H and O–H groups in total. The van der Waals surface area contributed by atoms with Crippen LogP contribution in [-0.2, 0) is 0 Å². The van der Waals surface area contributed by atoms with E-state index in [2.05, 4.69) is 37.4 Å². The molecule has 2 bridgehead atoms. The number of rotatable bonds is 5. The van der Waals surface area contributed by atoms with Crippen LogP contribution >= 0.6 is 0 Å². The van der Waals surface area contributed by atoms with Crippen LogP contribution in [0, 0.1) is 17.1 Å². The Morgan fingerprint density at radius 2 is 2.06 bits per heavy atom. The number of phenolic OH excluding ortho intramolecular Hbond substituents is 1. The smallest absolute Gasteiger partial charge is 0.198 e. The predicted molar refractivity (Wildman–Crippen MR) is 127 cm³/mol. The van der Waals surface area contributed by atoms with Crippen molar-refractivity contribution in [3.63, 3.8) is 0 Å². The molecule has 11 heteroatoms. The molecule has 1 saturated carbocycles. The number of aromatic nitrogens is 5. The molecule has 0 unspecified atom stereocenters. The minimum absolute atomic E-state index is 0.102. The number of nitriles is 1. The van der Waals surface area contributed by atoms with Crippen LogP contribution in [0.3, 0.4) is 0 Å². The van der Waals surface area contributed by atoms with Gasteiger partial charge in [0.15, 0.2) is 23.2 Å². The number of anilines is 1. The lowest BCUT2D eigenvalue weighted by Gasteiger charge is -2.48. The van der Waals surface area contributed by atoms with Crippen molar-refractivity contribution in [3.05, 3.63) is 42.1 Å². The maximum Gasteiger partial charge on any atom is 0.198 e. The van der Waals surface area contributed by atoms with Crippen molar-refractivity contribution in [2.75, 3.05) is 4.90 Å². The summed E-state index contributed by atoms with van der Waals surface area (Å²) in [5.74, 6) is -0.140. The van der Waals surface area contributed by atoms with Gasteiger partial charge in [-0.25, -0.2) is 18.4 Å². The molecule has 1 aromatic carbocycles. The quantitative estimate of drug-likeness (QED) is 0.557. The van der Waals surface area contributed by atoms with E-state index in [1.807, 2.05) is 6.92 Å². The van der Waals surface area contributed by atoms with Gasteiger partial charge in [-0.2, -0.15) is 10.4 Å². The lowest BCUT2D eigenvalue weighted by atomic mass is 9.82. The van der Waals surface area contributed by atoms with E-state index in [4.69, 9.17) is 5.26 Å². The van der Waals surface area contributed by atoms with Crippen LogP contribution < -0.4 is 10.2 Å². The van der Waals surface area contributed by atoms with Crippen LogP contribution in [0.4, 0.5) is 14.6 Å². The fraction of sp³-hybridized carbons (Fsp3) is 0.480. The largest absolute Gasteiger partial charge is 0.507 e. The maximum absolute atomic E-state index is 15.8. The Morgan fingerprint density at radius 1 is 1.25 bits per heavy atom. The zero-order valence-corrected chi connectivity index (χ0v) is 20.0. The summed E-state index contributed by atoms with van der Waals surface area (Å²) in [6, 6.07) is 6.16. The van der Waals surface area contributed by atoms with Gasteiger partial charge in [-0.15, -0.1) is 10.2 Å². The average Bonchev–Trinajstić information content (AvgIpc) is 3.56. The first kappa shape index (κ1) is 22.8. The van der Waals surface area contributed by atoms with Crippen LogP contribution in [0.2, 0.25) is 0 Å². The number of alkyl halides is 1. The van der Waals surface area contributed by atoms with Gasteiger partial charge < -0.3 is 15.3 Å². The zero-order chi connectivity index (χ0) is 25.2. The Hall–Kier alpha value is -3.65. The number of phenols is 1. The van der Waals surface area contributed by atoms with E-state index in [1.165, 1.54) is 10.7 Å². The second kappa shape index (κ2) is 7.93. The molecule has 3 fully saturated rings. The van der Waals surface area contributed by atoms with Crippen molar-refractivity contribution in [1.82, 2.24) is 30.3 Å². The van der Waals surface area contributed by atoms with Gasteiger partial charge in [0.05, 0.1) is 29.7 Å². The number of aromatic hydroxyl groups is 1. The number of halogens is 2. The third kappa shape index (κ3) is 3.67. The molecule has 3 aliphatic rings. The fourth-order valence-corrected chi connectivity index (χ4v) is 5.84. The molecule has 6 rings (SSSR count). The van der Waals surface area contributed by atoms with Gasteiger partial charge in [-0.05, 0) is 58.1 Å². The average molecular weight is 493 g/mol. The highest BCUT2D eigenvalue weighted by Crippen LogP contribution is 2.47. The predicted octanol–water partition coefficient (Wildman–Crippen LogP) is 3.42. The number of piperidine rings is 1. The normalized spacial score (nSPS) is 29.2. The lowest BCUT2D eigenvalue weighted by Crippen LogP contribution is -2.66. The van der Waals surface area contributed by atoms with Gasteiger partial charge in [-0.3, -0.25) is 0 Å². The summed E-state index contributed by atoms with van der Waals surface area (Å²) in [6.07, 6.45) is 6.03. The van der Waals surface area contributed by atoms with Gasteiger partial charge in [0.25, 0.3) is 0 Å².